The molecule has 0 bridgehead atoms. The molecule has 3 rings (SSSR count). The summed E-state index contributed by atoms with van der Waals surface area (Å²) in [5.41, 5.74) is 8.05. The molecule has 1 saturated carbocycles. The fourth-order valence-corrected chi connectivity index (χ4v) is 2.65. The molecule has 1 atom stereocenters. The highest BCUT2D eigenvalue weighted by molar-refractivity contribution is 6.07. The predicted molar refractivity (Wildman–Crippen MR) is 85.3 cm³/mol. The quantitative estimate of drug-likeness (QED) is 0.736. The van der Waals surface area contributed by atoms with Gasteiger partial charge in [0.15, 0.2) is 0 Å². The Bertz CT molecular complexity index is 659. The van der Waals surface area contributed by atoms with E-state index in [0.29, 0.717) is 29.9 Å². The number of carbonyl (C=O) groups excluding carboxylic acids is 1. The monoisotopic (exact) mass is 286 g/mol. The van der Waals surface area contributed by atoms with Crippen LogP contribution in [-0.4, -0.2) is 41.5 Å². The van der Waals surface area contributed by atoms with Crippen LogP contribution in [0.5, 0.6) is 0 Å². The lowest BCUT2D eigenvalue weighted by molar-refractivity contribution is 0.0941. The van der Waals surface area contributed by atoms with E-state index in [1.54, 1.807) is 6.20 Å². The first-order valence-electron chi connectivity index (χ1n) is 7.43. The summed E-state index contributed by atoms with van der Waals surface area (Å²) in [6.45, 7) is 2.80. The van der Waals surface area contributed by atoms with Gasteiger partial charge in [-0.25, -0.2) is 0 Å². The molecule has 1 aromatic carbocycles. The zero-order valence-electron chi connectivity index (χ0n) is 12.5. The molecule has 112 valence electrons. The number of hydrogen-bond donors (Lipinski definition) is 3. The highest BCUT2D eigenvalue weighted by Gasteiger charge is 2.29. The minimum Gasteiger partial charge on any atom is -0.399 e. The van der Waals surface area contributed by atoms with Crippen LogP contribution in [0.4, 0.5) is 5.69 Å². The molecule has 5 heteroatoms. The van der Waals surface area contributed by atoms with Crippen LogP contribution in [-0.2, 0) is 0 Å². The number of amides is 1. The molecule has 1 aliphatic rings. The molecule has 0 radical (unpaired) electrons. The number of H-pyrrole nitrogens is 1. The van der Waals surface area contributed by atoms with Gasteiger partial charge in [0.1, 0.15) is 0 Å². The summed E-state index contributed by atoms with van der Waals surface area (Å²) >= 11 is 0. The van der Waals surface area contributed by atoms with Crippen molar-refractivity contribution in [1.82, 2.24) is 15.2 Å². The number of benzene rings is 1. The first kappa shape index (κ1) is 13.9. The van der Waals surface area contributed by atoms with E-state index in [2.05, 4.69) is 29.2 Å². The van der Waals surface area contributed by atoms with E-state index >= 15 is 0 Å². The molecular weight excluding hydrogens is 264 g/mol. The summed E-state index contributed by atoms with van der Waals surface area (Å²) in [5.74, 6) is -0.0529. The summed E-state index contributed by atoms with van der Waals surface area (Å²) in [6.07, 6.45) is 4.29. The number of nitrogens with zero attached hydrogens (tertiary/aromatic N) is 1. The van der Waals surface area contributed by atoms with Gasteiger partial charge in [0.05, 0.1) is 5.56 Å². The average molecular weight is 286 g/mol. The van der Waals surface area contributed by atoms with Crippen molar-refractivity contribution in [1.29, 1.82) is 0 Å². The Morgan fingerprint density at radius 2 is 2.29 bits per heavy atom. The smallest absolute Gasteiger partial charge is 0.253 e. The van der Waals surface area contributed by atoms with Gasteiger partial charge in [0, 0.05) is 41.4 Å². The lowest BCUT2D eigenvalue weighted by Gasteiger charge is -2.24. The predicted octanol–water partition coefficient (Wildman–Crippen LogP) is 1.96. The van der Waals surface area contributed by atoms with E-state index < -0.39 is 0 Å². The van der Waals surface area contributed by atoms with Crippen LogP contribution in [0.15, 0.2) is 24.4 Å². The van der Waals surface area contributed by atoms with Crippen molar-refractivity contribution in [3.63, 3.8) is 0 Å². The van der Waals surface area contributed by atoms with E-state index in [9.17, 15) is 4.79 Å². The lowest BCUT2D eigenvalue weighted by atomic mass is 10.1. The van der Waals surface area contributed by atoms with Gasteiger partial charge in [-0.05, 0) is 45.0 Å². The number of carbonyl (C=O) groups is 1. The SMILES string of the molecule is CC(CNC(=O)c1c[nH]c2ccc(N)cc12)N(C)C1CC1. The van der Waals surface area contributed by atoms with Crippen molar-refractivity contribution < 1.29 is 4.79 Å². The number of likely N-dealkylation sites (N-methyl/N-ethyl adjacent to an activating group) is 1. The topological polar surface area (TPSA) is 74.1 Å². The Kier molecular flexibility index (Phi) is 3.59. The van der Waals surface area contributed by atoms with Crippen molar-refractivity contribution in [2.75, 3.05) is 19.3 Å². The molecule has 1 aromatic heterocycles. The van der Waals surface area contributed by atoms with Crippen LogP contribution in [0.1, 0.15) is 30.1 Å². The van der Waals surface area contributed by atoms with E-state index in [1.165, 1.54) is 12.8 Å². The molecule has 1 fully saturated rings. The second-order valence-corrected chi connectivity index (χ2v) is 5.96. The number of nitrogens with one attached hydrogen (secondary N) is 2. The highest BCUT2D eigenvalue weighted by Crippen LogP contribution is 2.26. The minimum absolute atomic E-state index is 0.0529. The average Bonchev–Trinajstić information content (AvgIpc) is 3.24. The van der Waals surface area contributed by atoms with Gasteiger partial charge in [0.25, 0.3) is 5.91 Å². The number of fused-ring (bicyclic) bond motifs is 1. The first-order chi connectivity index (χ1) is 10.1. The van der Waals surface area contributed by atoms with Crippen LogP contribution in [0.2, 0.25) is 0 Å². The molecule has 2 aromatic rings. The minimum atomic E-state index is -0.0529. The lowest BCUT2D eigenvalue weighted by Crippen LogP contribution is -2.41. The third-order valence-electron chi connectivity index (χ3n) is 4.33. The molecule has 21 heavy (non-hydrogen) atoms. The highest BCUT2D eigenvalue weighted by atomic mass is 16.1. The molecule has 5 nitrogen and oxygen atoms in total. The Balaban J connectivity index is 1.67. The summed E-state index contributed by atoms with van der Waals surface area (Å²) in [7, 11) is 2.13. The zero-order valence-corrected chi connectivity index (χ0v) is 12.5. The molecule has 1 aliphatic carbocycles. The van der Waals surface area contributed by atoms with Gasteiger partial charge >= 0.3 is 0 Å². The van der Waals surface area contributed by atoms with Gasteiger partial charge in [-0.15, -0.1) is 0 Å². The number of aromatic nitrogens is 1. The maximum absolute atomic E-state index is 12.4. The number of anilines is 1. The Morgan fingerprint density at radius 1 is 1.52 bits per heavy atom. The Morgan fingerprint density at radius 3 is 3.00 bits per heavy atom. The fraction of sp³-hybridized carbons (Fsp3) is 0.438. The van der Waals surface area contributed by atoms with Crippen LogP contribution in [0.3, 0.4) is 0 Å². The Hall–Kier alpha value is -2.01. The van der Waals surface area contributed by atoms with E-state index in [0.717, 1.165) is 10.9 Å². The van der Waals surface area contributed by atoms with Gasteiger partial charge in [-0.2, -0.15) is 0 Å². The van der Waals surface area contributed by atoms with E-state index in [-0.39, 0.29) is 5.91 Å². The van der Waals surface area contributed by atoms with Crippen molar-refractivity contribution in [3.8, 4) is 0 Å². The number of aromatic amines is 1. The maximum atomic E-state index is 12.4. The zero-order chi connectivity index (χ0) is 15.0. The fourth-order valence-electron chi connectivity index (χ4n) is 2.65. The van der Waals surface area contributed by atoms with Crippen LogP contribution >= 0.6 is 0 Å². The molecule has 1 amide bonds. The largest absolute Gasteiger partial charge is 0.399 e. The van der Waals surface area contributed by atoms with Crippen LogP contribution in [0.25, 0.3) is 10.9 Å². The number of nitrogens with two attached hydrogens (primary N) is 1. The molecule has 0 spiro atoms. The molecule has 0 saturated heterocycles. The standard InChI is InChI=1S/C16H22N4O/c1-10(20(2)12-4-5-12)8-19-16(21)14-9-18-15-6-3-11(17)7-13(14)15/h3,6-7,9-10,12,18H,4-5,8,17H2,1-2H3,(H,19,21). The molecular formula is C16H22N4O. The van der Waals surface area contributed by atoms with Crippen LogP contribution in [0, 0.1) is 0 Å². The number of nitrogen functional groups attached to an aromatic ring is 1. The molecule has 1 unspecified atom stereocenters. The summed E-state index contributed by atoms with van der Waals surface area (Å²) in [6, 6.07) is 6.60. The van der Waals surface area contributed by atoms with Crippen molar-refractivity contribution in [2.45, 2.75) is 31.8 Å². The Labute approximate surface area is 124 Å². The van der Waals surface area contributed by atoms with E-state index in [4.69, 9.17) is 5.73 Å². The number of rotatable bonds is 5. The molecule has 0 aliphatic heterocycles. The van der Waals surface area contributed by atoms with Gasteiger partial charge in [0.2, 0.25) is 0 Å². The summed E-state index contributed by atoms with van der Waals surface area (Å²) in [4.78, 5) is 17.8. The maximum Gasteiger partial charge on any atom is 0.253 e. The molecule has 1 heterocycles. The van der Waals surface area contributed by atoms with Crippen molar-refractivity contribution in [3.05, 3.63) is 30.0 Å². The second kappa shape index (κ2) is 5.41. The van der Waals surface area contributed by atoms with Crippen molar-refractivity contribution >= 4 is 22.5 Å². The molecule has 4 N–H and O–H groups in total. The van der Waals surface area contributed by atoms with Gasteiger partial charge in [-0.3, -0.25) is 9.69 Å². The normalized spacial score (nSPS) is 16.3. The van der Waals surface area contributed by atoms with Crippen LogP contribution < -0.4 is 11.1 Å². The van der Waals surface area contributed by atoms with E-state index in [1.807, 2.05) is 18.2 Å². The summed E-state index contributed by atoms with van der Waals surface area (Å²) in [5, 5.41) is 3.89. The van der Waals surface area contributed by atoms with Gasteiger partial charge in [-0.1, -0.05) is 0 Å². The summed E-state index contributed by atoms with van der Waals surface area (Å²) < 4.78 is 0. The first-order valence-corrected chi connectivity index (χ1v) is 7.43. The third-order valence-corrected chi connectivity index (χ3v) is 4.33. The number of hydrogen-bond acceptors (Lipinski definition) is 3. The van der Waals surface area contributed by atoms with Crippen molar-refractivity contribution in [2.24, 2.45) is 0 Å². The third kappa shape index (κ3) is 2.88. The second-order valence-electron chi connectivity index (χ2n) is 5.96. The van der Waals surface area contributed by atoms with Gasteiger partial charge < -0.3 is 16.0 Å².